The zero-order valence-corrected chi connectivity index (χ0v) is 19.9. The lowest BCUT2D eigenvalue weighted by Gasteiger charge is -2.12. The molecule has 2 rings (SSSR count). The molecule has 0 unspecified atom stereocenters. The Labute approximate surface area is 191 Å². The first-order valence-corrected chi connectivity index (χ1v) is 10.3. The van der Waals surface area contributed by atoms with Crippen LogP contribution in [-0.2, 0) is 16.1 Å². The van der Waals surface area contributed by atoms with Crippen molar-refractivity contribution in [1.82, 2.24) is 16.0 Å². The van der Waals surface area contributed by atoms with Gasteiger partial charge in [-0.3, -0.25) is 4.79 Å². The standard InChI is InChI=1S/C21H34N4O3.HI/c1-3-22-20(26)16-28-19-8-5-7-18(13-19)14-25-21(23-4-2)24-11-6-12-27-15-17-9-10-17;/h5,7-8,13,17H,3-4,6,9-12,14-16H2,1-2H3,(H,22,26)(H2,23,24,25);1H. The van der Waals surface area contributed by atoms with Crippen LogP contribution in [0.5, 0.6) is 5.75 Å². The predicted octanol–water partition coefficient (Wildman–Crippen LogP) is 2.69. The first-order valence-electron chi connectivity index (χ1n) is 10.3. The van der Waals surface area contributed by atoms with Crippen LogP contribution in [0, 0.1) is 5.92 Å². The normalized spacial score (nSPS) is 13.4. The van der Waals surface area contributed by atoms with Crippen molar-refractivity contribution in [2.45, 2.75) is 39.7 Å². The number of benzene rings is 1. The molecule has 8 heteroatoms. The fraction of sp³-hybridized carbons (Fsp3) is 0.619. The van der Waals surface area contributed by atoms with Gasteiger partial charge in [0.05, 0.1) is 6.54 Å². The van der Waals surface area contributed by atoms with Crippen molar-refractivity contribution in [2.75, 3.05) is 39.5 Å². The first kappa shape index (κ1) is 25.5. The number of likely N-dealkylation sites (N-methyl/N-ethyl adjacent to an activating group) is 1. The van der Waals surface area contributed by atoms with Gasteiger partial charge in [-0.25, -0.2) is 4.99 Å². The van der Waals surface area contributed by atoms with Gasteiger partial charge >= 0.3 is 0 Å². The third kappa shape index (κ3) is 11.9. The molecular weight excluding hydrogens is 483 g/mol. The molecular formula is C21H35IN4O3. The van der Waals surface area contributed by atoms with E-state index >= 15 is 0 Å². The summed E-state index contributed by atoms with van der Waals surface area (Å²) < 4.78 is 11.2. The number of amides is 1. The Kier molecular flexibility index (Phi) is 13.5. The van der Waals surface area contributed by atoms with Gasteiger partial charge in [0.15, 0.2) is 12.6 Å². The molecule has 0 aliphatic heterocycles. The number of carbonyl (C=O) groups is 1. The first-order chi connectivity index (χ1) is 13.7. The third-order valence-corrected chi connectivity index (χ3v) is 4.21. The second-order valence-electron chi connectivity index (χ2n) is 6.88. The number of hydrogen-bond donors (Lipinski definition) is 3. The van der Waals surface area contributed by atoms with Crippen LogP contribution in [0.15, 0.2) is 29.3 Å². The minimum Gasteiger partial charge on any atom is -0.484 e. The minimum atomic E-state index is -0.120. The Morgan fingerprint density at radius 3 is 2.69 bits per heavy atom. The number of guanidine groups is 1. The second-order valence-corrected chi connectivity index (χ2v) is 6.88. The molecule has 29 heavy (non-hydrogen) atoms. The number of rotatable bonds is 13. The molecule has 1 fully saturated rings. The number of nitrogens with one attached hydrogen (secondary N) is 3. The van der Waals surface area contributed by atoms with Gasteiger partial charge in [-0.05, 0) is 56.7 Å². The Bertz CT molecular complexity index is 624. The van der Waals surface area contributed by atoms with Crippen molar-refractivity contribution in [1.29, 1.82) is 0 Å². The summed E-state index contributed by atoms with van der Waals surface area (Å²) in [5, 5.41) is 9.31. The summed E-state index contributed by atoms with van der Waals surface area (Å²) in [5.41, 5.74) is 1.03. The second kappa shape index (κ2) is 15.3. The number of ether oxygens (including phenoxy) is 2. The van der Waals surface area contributed by atoms with E-state index in [2.05, 4.69) is 20.9 Å². The van der Waals surface area contributed by atoms with E-state index in [1.54, 1.807) is 0 Å². The molecule has 0 aromatic heterocycles. The molecule has 0 saturated heterocycles. The molecule has 3 N–H and O–H groups in total. The van der Waals surface area contributed by atoms with Crippen molar-refractivity contribution >= 4 is 35.8 Å². The van der Waals surface area contributed by atoms with Crippen molar-refractivity contribution < 1.29 is 14.3 Å². The zero-order valence-electron chi connectivity index (χ0n) is 17.5. The number of halogens is 1. The maximum Gasteiger partial charge on any atom is 0.257 e. The summed E-state index contributed by atoms with van der Waals surface area (Å²) in [6.45, 7) is 8.41. The fourth-order valence-electron chi connectivity index (χ4n) is 2.56. The van der Waals surface area contributed by atoms with Crippen LogP contribution in [0.1, 0.15) is 38.7 Å². The number of carbonyl (C=O) groups excluding carboxylic acids is 1. The van der Waals surface area contributed by atoms with Gasteiger partial charge in [-0.1, -0.05) is 12.1 Å². The Balaban J connectivity index is 0.00000420. The van der Waals surface area contributed by atoms with E-state index in [0.717, 1.165) is 50.2 Å². The van der Waals surface area contributed by atoms with Crippen LogP contribution in [0.2, 0.25) is 0 Å². The van der Waals surface area contributed by atoms with E-state index in [1.165, 1.54) is 12.8 Å². The highest BCUT2D eigenvalue weighted by Gasteiger charge is 2.20. The predicted molar refractivity (Wildman–Crippen MR) is 127 cm³/mol. The highest BCUT2D eigenvalue weighted by atomic mass is 127. The summed E-state index contributed by atoms with van der Waals surface area (Å²) in [4.78, 5) is 16.1. The van der Waals surface area contributed by atoms with Gasteiger partial charge in [-0.2, -0.15) is 0 Å². The lowest BCUT2D eigenvalue weighted by atomic mass is 10.2. The van der Waals surface area contributed by atoms with Crippen LogP contribution in [0.3, 0.4) is 0 Å². The highest BCUT2D eigenvalue weighted by Crippen LogP contribution is 2.28. The lowest BCUT2D eigenvalue weighted by molar-refractivity contribution is -0.122. The Hall–Kier alpha value is -1.55. The average molecular weight is 518 g/mol. The number of nitrogens with zero attached hydrogens (tertiary/aromatic N) is 1. The molecule has 1 aliphatic carbocycles. The number of hydrogen-bond acceptors (Lipinski definition) is 4. The highest BCUT2D eigenvalue weighted by molar-refractivity contribution is 14.0. The molecule has 0 heterocycles. The van der Waals surface area contributed by atoms with Gasteiger partial charge in [0.1, 0.15) is 5.75 Å². The SMILES string of the molecule is CCNC(=O)COc1cccc(CN=C(NCC)NCCCOCC2CC2)c1.I. The van der Waals surface area contributed by atoms with Gasteiger partial charge in [0.25, 0.3) is 5.91 Å². The molecule has 1 amide bonds. The summed E-state index contributed by atoms with van der Waals surface area (Å²) in [7, 11) is 0. The summed E-state index contributed by atoms with van der Waals surface area (Å²) in [5.74, 6) is 2.15. The van der Waals surface area contributed by atoms with Crippen molar-refractivity contribution in [3.63, 3.8) is 0 Å². The van der Waals surface area contributed by atoms with E-state index in [1.807, 2.05) is 38.1 Å². The van der Waals surface area contributed by atoms with Crippen LogP contribution in [0.25, 0.3) is 0 Å². The smallest absolute Gasteiger partial charge is 0.257 e. The van der Waals surface area contributed by atoms with Crippen molar-refractivity contribution in [3.8, 4) is 5.75 Å². The summed E-state index contributed by atoms with van der Waals surface area (Å²) >= 11 is 0. The minimum absolute atomic E-state index is 0. The lowest BCUT2D eigenvalue weighted by Crippen LogP contribution is -2.38. The van der Waals surface area contributed by atoms with Crippen molar-refractivity contribution in [2.24, 2.45) is 10.9 Å². The maximum absolute atomic E-state index is 11.5. The molecule has 0 bridgehead atoms. The topological polar surface area (TPSA) is 84.0 Å². The van der Waals surface area contributed by atoms with Gasteiger partial charge in [-0.15, -0.1) is 24.0 Å². The summed E-state index contributed by atoms with van der Waals surface area (Å²) in [6.07, 6.45) is 3.61. The monoisotopic (exact) mass is 518 g/mol. The maximum atomic E-state index is 11.5. The quantitative estimate of drug-likeness (QED) is 0.162. The zero-order chi connectivity index (χ0) is 20.0. The largest absolute Gasteiger partial charge is 0.484 e. The van der Waals surface area contributed by atoms with Gasteiger partial charge < -0.3 is 25.4 Å². The molecule has 1 aromatic carbocycles. The fourth-order valence-corrected chi connectivity index (χ4v) is 2.56. The summed E-state index contributed by atoms with van der Waals surface area (Å²) in [6, 6.07) is 7.67. The van der Waals surface area contributed by atoms with Crippen LogP contribution in [0.4, 0.5) is 0 Å². The molecule has 0 spiro atoms. The molecule has 164 valence electrons. The van der Waals surface area contributed by atoms with E-state index in [4.69, 9.17) is 9.47 Å². The van der Waals surface area contributed by atoms with Gasteiger partial charge in [0, 0.05) is 32.8 Å². The Morgan fingerprint density at radius 1 is 1.17 bits per heavy atom. The van der Waals surface area contributed by atoms with E-state index in [0.29, 0.717) is 18.8 Å². The molecule has 1 aromatic rings. The molecule has 7 nitrogen and oxygen atoms in total. The number of aliphatic imine (C=N–C) groups is 1. The van der Waals surface area contributed by atoms with E-state index in [9.17, 15) is 4.79 Å². The van der Waals surface area contributed by atoms with E-state index in [-0.39, 0.29) is 36.5 Å². The van der Waals surface area contributed by atoms with E-state index < -0.39 is 0 Å². The van der Waals surface area contributed by atoms with Gasteiger partial charge in [0.2, 0.25) is 0 Å². The molecule has 0 radical (unpaired) electrons. The van der Waals surface area contributed by atoms with Crippen LogP contribution < -0.4 is 20.7 Å². The van der Waals surface area contributed by atoms with Crippen LogP contribution >= 0.6 is 24.0 Å². The average Bonchev–Trinajstić information content (AvgIpc) is 3.52. The molecule has 1 aliphatic rings. The van der Waals surface area contributed by atoms with Crippen molar-refractivity contribution in [3.05, 3.63) is 29.8 Å². The Morgan fingerprint density at radius 2 is 1.97 bits per heavy atom. The molecule has 1 saturated carbocycles. The van der Waals surface area contributed by atoms with Crippen LogP contribution in [-0.4, -0.2) is 51.3 Å². The third-order valence-electron chi connectivity index (χ3n) is 4.21. The molecule has 0 atom stereocenters.